The summed E-state index contributed by atoms with van der Waals surface area (Å²) in [6.45, 7) is 3.03. The number of aromatic nitrogens is 2. The van der Waals surface area contributed by atoms with Crippen LogP contribution in [0.25, 0.3) is 0 Å². The lowest BCUT2D eigenvalue weighted by Crippen LogP contribution is -2.10. The fourth-order valence-corrected chi connectivity index (χ4v) is 2.88. The largest absolute Gasteiger partial charge is 0.376 e. The average molecular weight is 255 g/mol. The molecule has 0 aliphatic heterocycles. The third-order valence-corrected chi connectivity index (χ3v) is 3.92. The number of hydrogen-bond acceptors (Lipinski definition) is 2. The van der Waals surface area contributed by atoms with Gasteiger partial charge in [0, 0.05) is 12.7 Å². The van der Waals surface area contributed by atoms with E-state index in [0.29, 0.717) is 6.04 Å². The van der Waals surface area contributed by atoms with Crippen molar-refractivity contribution in [1.82, 2.24) is 9.78 Å². The van der Waals surface area contributed by atoms with E-state index in [1.807, 2.05) is 10.9 Å². The number of benzene rings is 1. The van der Waals surface area contributed by atoms with Gasteiger partial charge in [0.05, 0.1) is 17.9 Å². The van der Waals surface area contributed by atoms with Gasteiger partial charge in [-0.05, 0) is 37.3 Å². The van der Waals surface area contributed by atoms with Gasteiger partial charge in [0.25, 0.3) is 0 Å². The van der Waals surface area contributed by atoms with Crippen molar-refractivity contribution < 1.29 is 0 Å². The molecule has 19 heavy (non-hydrogen) atoms. The third kappa shape index (κ3) is 2.65. The van der Waals surface area contributed by atoms with Crippen molar-refractivity contribution >= 4 is 5.69 Å². The van der Waals surface area contributed by atoms with E-state index in [2.05, 4.69) is 47.8 Å². The number of nitrogens with one attached hydrogen (secondary N) is 1. The molecule has 1 aromatic heterocycles. The maximum atomic E-state index is 4.33. The number of anilines is 1. The second kappa shape index (κ2) is 5.47. The van der Waals surface area contributed by atoms with E-state index in [0.717, 1.165) is 12.2 Å². The van der Waals surface area contributed by atoms with Crippen LogP contribution in [0.2, 0.25) is 0 Å². The van der Waals surface area contributed by atoms with Gasteiger partial charge in [-0.2, -0.15) is 5.10 Å². The maximum absolute atomic E-state index is 4.33. The zero-order valence-electron chi connectivity index (χ0n) is 11.5. The first-order valence-corrected chi connectivity index (χ1v) is 7.23. The van der Waals surface area contributed by atoms with Crippen LogP contribution in [0, 0.1) is 0 Å². The predicted octanol–water partition coefficient (Wildman–Crippen LogP) is 3.78. The highest BCUT2D eigenvalue weighted by Gasteiger charge is 2.18. The quantitative estimate of drug-likeness (QED) is 0.846. The van der Waals surface area contributed by atoms with Crippen molar-refractivity contribution in [2.24, 2.45) is 0 Å². The predicted molar refractivity (Wildman–Crippen MR) is 78.3 cm³/mol. The van der Waals surface area contributed by atoms with Crippen molar-refractivity contribution in [2.75, 3.05) is 5.32 Å². The highest BCUT2D eigenvalue weighted by Crippen LogP contribution is 2.31. The Bertz CT molecular complexity index is 544. The Kier molecular flexibility index (Phi) is 3.53. The van der Waals surface area contributed by atoms with Crippen LogP contribution >= 0.6 is 0 Å². The minimum Gasteiger partial charge on any atom is -0.376 e. The highest BCUT2D eigenvalue weighted by molar-refractivity contribution is 5.44. The Morgan fingerprint density at radius 1 is 1.32 bits per heavy atom. The standard InChI is InChI=1S/C16H21N3/c1-2-19-12-14(11-17-19)18-16-10-6-4-8-13-7-3-5-9-15(13)16/h3,5,7,9,11-12,16,18H,2,4,6,8,10H2,1H3. The van der Waals surface area contributed by atoms with E-state index in [4.69, 9.17) is 0 Å². The fourth-order valence-electron chi connectivity index (χ4n) is 2.88. The molecule has 0 bridgehead atoms. The molecule has 0 saturated heterocycles. The number of hydrogen-bond donors (Lipinski definition) is 1. The van der Waals surface area contributed by atoms with Gasteiger partial charge in [-0.1, -0.05) is 30.7 Å². The summed E-state index contributed by atoms with van der Waals surface area (Å²) in [5.74, 6) is 0. The molecule has 1 aromatic carbocycles. The molecule has 3 nitrogen and oxygen atoms in total. The molecule has 2 aromatic rings. The second-order valence-corrected chi connectivity index (χ2v) is 5.23. The lowest BCUT2D eigenvalue weighted by molar-refractivity contribution is 0.643. The molecule has 1 unspecified atom stereocenters. The first-order valence-electron chi connectivity index (χ1n) is 7.23. The van der Waals surface area contributed by atoms with E-state index in [1.54, 1.807) is 0 Å². The molecule has 1 aliphatic rings. The number of rotatable bonds is 3. The van der Waals surface area contributed by atoms with Gasteiger partial charge in [-0.15, -0.1) is 0 Å². The van der Waals surface area contributed by atoms with Crippen LogP contribution < -0.4 is 5.32 Å². The van der Waals surface area contributed by atoms with Crippen molar-refractivity contribution in [3.63, 3.8) is 0 Å². The van der Waals surface area contributed by atoms with Crippen molar-refractivity contribution in [1.29, 1.82) is 0 Å². The molecular weight excluding hydrogens is 234 g/mol. The molecular formula is C16H21N3. The van der Waals surface area contributed by atoms with Crippen LogP contribution in [0.5, 0.6) is 0 Å². The van der Waals surface area contributed by atoms with Gasteiger partial charge in [0.15, 0.2) is 0 Å². The Labute approximate surface area is 114 Å². The summed E-state index contributed by atoms with van der Waals surface area (Å²) < 4.78 is 1.96. The van der Waals surface area contributed by atoms with Crippen molar-refractivity contribution in [3.05, 3.63) is 47.8 Å². The first-order chi connectivity index (χ1) is 9.36. The lowest BCUT2D eigenvalue weighted by Gasteiger charge is -2.19. The van der Waals surface area contributed by atoms with E-state index in [1.165, 1.54) is 36.8 Å². The van der Waals surface area contributed by atoms with Gasteiger partial charge in [-0.25, -0.2) is 0 Å². The maximum Gasteiger partial charge on any atom is 0.0731 e. The zero-order chi connectivity index (χ0) is 13.1. The fraction of sp³-hybridized carbons (Fsp3) is 0.438. The smallest absolute Gasteiger partial charge is 0.0731 e. The van der Waals surface area contributed by atoms with E-state index < -0.39 is 0 Å². The molecule has 1 atom stereocenters. The molecule has 100 valence electrons. The van der Waals surface area contributed by atoms with E-state index in [-0.39, 0.29) is 0 Å². The summed E-state index contributed by atoms with van der Waals surface area (Å²) in [5, 5.41) is 7.98. The van der Waals surface area contributed by atoms with Crippen LogP contribution in [0.4, 0.5) is 5.69 Å². The lowest BCUT2D eigenvalue weighted by atomic mass is 9.99. The summed E-state index contributed by atoms with van der Waals surface area (Å²) >= 11 is 0. The molecule has 0 radical (unpaired) electrons. The SMILES string of the molecule is CCn1cc(NC2CCCCc3ccccc32)cn1. The van der Waals surface area contributed by atoms with Crippen molar-refractivity contribution in [3.8, 4) is 0 Å². The Morgan fingerprint density at radius 3 is 3.05 bits per heavy atom. The van der Waals surface area contributed by atoms with Gasteiger partial charge in [-0.3, -0.25) is 4.68 Å². The van der Waals surface area contributed by atoms with E-state index in [9.17, 15) is 0 Å². The van der Waals surface area contributed by atoms with Gasteiger partial charge in [0.2, 0.25) is 0 Å². The molecule has 0 fully saturated rings. The highest BCUT2D eigenvalue weighted by atomic mass is 15.3. The van der Waals surface area contributed by atoms with Crippen LogP contribution in [0.3, 0.4) is 0 Å². The Hall–Kier alpha value is -1.77. The summed E-state index contributed by atoms with van der Waals surface area (Å²) in [4.78, 5) is 0. The summed E-state index contributed by atoms with van der Waals surface area (Å²) in [5.41, 5.74) is 4.09. The van der Waals surface area contributed by atoms with Crippen LogP contribution in [-0.4, -0.2) is 9.78 Å². The number of fused-ring (bicyclic) bond motifs is 1. The van der Waals surface area contributed by atoms with Gasteiger partial charge < -0.3 is 5.32 Å². The third-order valence-electron chi connectivity index (χ3n) is 3.92. The molecule has 1 aliphatic carbocycles. The van der Waals surface area contributed by atoms with E-state index >= 15 is 0 Å². The zero-order valence-corrected chi connectivity index (χ0v) is 11.5. The van der Waals surface area contributed by atoms with Crippen LogP contribution in [0.1, 0.15) is 43.4 Å². The number of aryl methyl sites for hydroxylation is 2. The molecule has 0 amide bonds. The normalized spacial score (nSPS) is 18.7. The molecule has 0 spiro atoms. The second-order valence-electron chi connectivity index (χ2n) is 5.23. The first kappa shape index (κ1) is 12.3. The van der Waals surface area contributed by atoms with Gasteiger partial charge in [0.1, 0.15) is 0 Å². The summed E-state index contributed by atoms with van der Waals surface area (Å²) in [7, 11) is 0. The average Bonchev–Trinajstić information content (AvgIpc) is 2.80. The van der Waals surface area contributed by atoms with Crippen molar-refractivity contribution in [2.45, 2.75) is 45.2 Å². The minimum absolute atomic E-state index is 0.424. The minimum atomic E-state index is 0.424. The van der Waals surface area contributed by atoms with Gasteiger partial charge >= 0.3 is 0 Å². The molecule has 1 heterocycles. The Morgan fingerprint density at radius 2 is 2.21 bits per heavy atom. The molecule has 0 saturated carbocycles. The summed E-state index contributed by atoms with van der Waals surface area (Å²) in [6.07, 6.45) is 9.01. The molecule has 1 N–H and O–H groups in total. The topological polar surface area (TPSA) is 29.9 Å². The summed E-state index contributed by atoms with van der Waals surface area (Å²) in [6, 6.07) is 9.26. The molecule has 3 heteroatoms. The Balaban J connectivity index is 1.83. The van der Waals surface area contributed by atoms with Crippen LogP contribution in [-0.2, 0) is 13.0 Å². The number of nitrogens with zero attached hydrogens (tertiary/aromatic N) is 2. The molecule has 3 rings (SSSR count). The monoisotopic (exact) mass is 255 g/mol. The van der Waals surface area contributed by atoms with Crippen LogP contribution in [0.15, 0.2) is 36.7 Å².